The lowest BCUT2D eigenvalue weighted by Crippen LogP contribution is -1.99. The Balaban J connectivity index is 1.95. The minimum Gasteiger partial charge on any atom is -0.489 e. The highest BCUT2D eigenvalue weighted by molar-refractivity contribution is 9.10. The molecule has 0 heterocycles. The second kappa shape index (κ2) is 7.31. The highest BCUT2D eigenvalue weighted by atomic mass is 79.9. The first-order chi connectivity index (χ1) is 9.70. The molecule has 2 aromatic carbocycles. The first-order valence-electron chi connectivity index (χ1n) is 6.44. The predicted octanol–water partition coefficient (Wildman–Crippen LogP) is 3.80. The number of anilines is 1. The van der Waals surface area contributed by atoms with E-state index < -0.39 is 0 Å². The van der Waals surface area contributed by atoms with Gasteiger partial charge in [0.1, 0.15) is 12.4 Å². The maximum atomic E-state index is 5.84. The van der Waals surface area contributed by atoms with E-state index in [0.717, 1.165) is 34.5 Å². The minimum atomic E-state index is 0.489. The number of nitrogen functional groups attached to an aromatic ring is 1. The molecular weight excluding hydrogens is 318 g/mol. The fourth-order valence-corrected chi connectivity index (χ4v) is 2.22. The lowest BCUT2D eigenvalue weighted by Gasteiger charge is -2.10. The third-order valence-electron chi connectivity index (χ3n) is 3.02. The summed E-state index contributed by atoms with van der Waals surface area (Å²) in [5, 5.41) is 0. The van der Waals surface area contributed by atoms with E-state index in [-0.39, 0.29) is 0 Å². The molecule has 2 rings (SSSR count). The fourth-order valence-electron chi connectivity index (χ4n) is 1.84. The normalized spacial score (nSPS) is 10.5. The summed E-state index contributed by atoms with van der Waals surface area (Å²) in [4.78, 5) is 0. The summed E-state index contributed by atoms with van der Waals surface area (Å²) >= 11 is 3.47. The van der Waals surface area contributed by atoms with E-state index >= 15 is 0 Å². The molecule has 0 aliphatic rings. The molecule has 0 unspecified atom stereocenters. The van der Waals surface area contributed by atoms with E-state index in [9.17, 15) is 0 Å². The average Bonchev–Trinajstić information content (AvgIpc) is 2.48. The summed E-state index contributed by atoms with van der Waals surface area (Å²) in [6, 6.07) is 13.8. The molecule has 0 fully saturated rings. The summed E-state index contributed by atoms with van der Waals surface area (Å²) in [6.07, 6.45) is 0.914. The third-order valence-corrected chi connectivity index (χ3v) is 3.99. The van der Waals surface area contributed by atoms with Crippen molar-refractivity contribution in [2.45, 2.75) is 13.0 Å². The lowest BCUT2D eigenvalue weighted by molar-refractivity contribution is 0.202. The molecule has 0 aliphatic heterocycles. The van der Waals surface area contributed by atoms with Crippen molar-refractivity contribution in [3.05, 3.63) is 58.1 Å². The molecule has 0 atom stereocenters. The number of methoxy groups -OCH3 is 1. The quantitative estimate of drug-likeness (QED) is 0.816. The number of ether oxygens (including phenoxy) is 2. The molecule has 2 N–H and O–H groups in total. The van der Waals surface area contributed by atoms with Gasteiger partial charge >= 0.3 is 0 Å². The topological polar surface area (TPSA) is 44.5 Å². The zero-order valence-electron chi connectivity index (χ0n) is 11.4. The van der Waals surface area contributed by atoms with Crippen LogP contribution in [0.15, 0.2) is 46.9 Å². The zero-order valence-corrected chi connectivity index (χ0v) is 13.0. The molecule has 0 saturated heterocycles. The van der Waals surface area contributed by atoms with Gasteiger partial charge in [0.05, 0.1) is 6.61 Å². The number of hydrogen-bond donors (Lipinski definition) is 1. The molecule has 2 aromatic rings. The number of rotatable bonds is 6. The summed E-state index contributed by atoms with van der Waals surface area (Å²) in [6.45, 7) is 1.22. The third kappa shape index (κ3) is 3.99. The summed E-state index contributed by atoms with van der Waals surface area (Å²) in [5.74, 6) is 0.848. The van der Waals surface area contributed by atoms with Crippen molar-refractivity contribution in [1.29, 1.82) is 0 Å². The van der Waals surface area contributed by atoms with Gasteiger partial charge < -0.3 is 15.2 Å². The van der Waals surface area contributed by atoms with Gasteiger partial charge in [-0.3, -0.25) is 0 Å². The van der Waals surface area contributed by atoms with Crippen LogP contribution in [0.25, 0.3) is 0 Å². The van der Waals surface area contributed by atoms with E-state index in [1.54, 1.807) is 7.11 Å². The van der Waals surface area contributed by atoms with Crippen molar-refractivity contribution in [2.24, 2.45) is 0 Å². The lowest BCUT2D eigenvalue weighted by atomic mass is 10.1. The average molecular weight is 336 g/mol. The van der Waals surface area contributed by atoms with Crippen molar-refractivity contribution in [3.63, 3.8) is 0 Å². The number of halogens is 1. The van der Waals surface area contributed by atoms with Gasteiger partial charge in [-0.05, 0) is 46.1 Å². The Morgan fingerprint density at radius 2 is 1.85 bits per heavy atom. The molecule has 0 bridgehead atoms. The van der Waals surface area contributed by atoms with Crippen LogP contribution in [0.4, 0.5) is 5.69 Å². The van der Waals surface area contributed by atoms with E-state index in [1.807, 2.05) is 30.3 Å². The molecule has 3 nitrogen and oxygen atoms in total. The van der Waals surface area contributed by atoms with E-state index in [0.29, 0.717) is 6.61 Å². The Labute approximate surface area is 127 Å². The van der Waals surface area contributed by atoms with Crippen LogP contribution < -0.4 is 10.5 Å². The molecule has 0 saturated carbocycles. The van der Waals surface area contributed by atoms with Gasteiger partial charge in [-0.15, -0.1) is 0 Å². The summed E-state index contributed by atoms with van der Waals surface area (Å²) in [7, 11) is 1.71. The van der Waals surface area contributed by atoms with Crippen molar-refractivity contribution < 1.29 is 9.47 Å². The van der Waals surface area contributed by atoms with Gasteiger partial charge in [-0.1, -0.05) is 24.3 Å². The Bertz CT molecular complexity index is 555. The van der Waals surface area contributed by atoms with Crippen LogP contribution in [0.2, 0.25) is 0 Å². The molecule has 0 aliphatic carbocycles. The molecule has 4 heteroatoms. The van der Waals surface area contributed by atoms with Gasteiger partial charge in [0.15, 0.2) is 0 Å². The molecule has 0 spiro atoms. The number of nitrogens with two attached hydrogens (primary N) is 1. The highest BCUT2D eigenvalue weighted by Crippen LogP contribution is 2.25. The van der Waals surface area contributed by atoms with Crippen LogP contribution in [0.1, 0.15) is 11.1 Å². The van der Waals surface area contributed by atoms with Crippen LogP contribution in [0, 0.1) is 0 Å². The van der Waals surface area contributed by atoms with Crippen LogP contribution in [0.5, 0.6) is 5.75 Å². The summed E-state index contributed by atoms with van der Waals surface area (Å²) in [5.41, 5.74) is 8.84. The van der Waals surface area contributed by atoms with Gasteiger partial charge in [0.2, 0.25) is 0 Å². The SMILES string of the molecule is COCCc1ccc(OCc2cccc(N)c2Br)cc1. The monoisotopic (exact) mass is 335 g/mol. The first-order valence-corrected chi connectivity index (χ1v) is 7.23. The fraction of sp³-hybridized carbons (Fsp3) is 0.250. The first kappa shape index (κ1) is 14.9. The molecule has 0 amide bonds. The van der Waals surface area contributed by atoms with E-state index in [1.165, 1.54) is 5.56 Å². The molecular formula is C16H18BrNO2. The smallest absolute Gasteiger partial charge is 0.119 e. The Kier molecular flexibility index (Phi) is 5.44. The Morgan fingerprint density at radius 1 is 1.10 bits per heavy atom. The van der Waals surface area contributed by atoms with E-state index in [4.69, 9.17) is 15.2 Å². The molecule has 0 aromatic heterocycles. The maximum absolute atomic E-state index is 5.84. The second-order valence-electron chi connectivity index (χ2n) is 4.50. The molecule has 20 heavy (non-hydrogen) atoms. The van der Waals surface area contributed by atoms with Gasteiger partial charge in [0.25, 0.3) is 0 Å². The van der Waals surface area contributed by atoms with E-state index in [2.05, 4.69) is 28.1 Å². The van der Waals surface area contributed by atoms with Crippen molar-refractivity contribution in [3.8, 4) is 5.75 Å². The largest absolute Gasteiger partial charge is 0.489 e. The molecule has 106 valence electrons. The van der Waals surface area contributed by atoms with Crippen LogP contribution in [-0.4, -0.2) is 13.7 Å². The van der Waals surface area contributed by atoms with Crippen LogP contribution >= 0.6 is 15.9 Å². The minimum absolute atomic E-state index is 0.489. The van der Waals surface area contributed by atoms with Crippen LogP contribution in [-0.2, 0) is 17.8 Å². The highest BCUT2D eigenvalue weighted by Gasteiger charge is 2.04. The Morgan fingerprint density at radius 3 is 2.55 bits per heavy atom. The van der Waals surface area contributed by atoms with Crippen molar-refractivity contribution in [2.75, 3.05) is 19.5 Å². The second-order valence-corrected chi connectivity index (χ2v) is 5.29. The predicted molar refractivity (Wildman–Crippen MR) is 84.9 cm³/mol. The van der Waals surface area contributed by atoms with Gasteiger partial charge in [0, 0.05) is 22.8 Å². The number of hydrogen-bond acceptors (Lipinski definition) is 3. The van der Waals surface area contributed by atoms with Crippen molar-refractivity contribution >= 4 is 21.6 Å². The molecule has 0 radical (unpaired) electrons. The zero-order chi connectivity index (χ0) is 14.4. The van der Waals surface area contributed by atoms with Crippen LogP contribution in [0.3, 0.4) is 0 Å². The standard InChI is InChI=1S/C16H18BrNO2/c1-19-10-9-12-5-7-14(8-6-12)20-11-13-3-2-4-15(18)16(13)17/h2-8H,9-11,18H2,1H3. The van der Waals surface area contributed by atoms with Gasteiger partial charge in [-0.25, -0.2) is 0 Å². The maximum Gasteiger partial charge on any atom is 0.119 e. The Hall–Kier alpha value is -1.52. The number of benzene rings is 2. The summed E-state index contributed by atoms with van der Waals surface area (Å²) < 4.78 is 11.7. The van der Waals surface area contributed by atoms with Crippen molar-refractivity contribution in [1.82, 2.24) is 0 Å². The van der Waals surface area contributed by atoms with Gasteiger partial charge in [-0.2, -0.15) is 0 Å².